The van der Waals surface area contributed by atoms with E-state index in [4.69, 9.17) is 9.47 Å². The number of para-hydroxylation sites is 1. The van der Waals surface area contributed by atoms with Crippen molar-refractivity contribution in [1.29, 1.82) is 0 Å². The van der Waals surface area contributed by atoms with E-state index in [1.807, 2.05) is 30.3 Å². The summed E-state index contributed by atoms with van der Waals surface area (Å²) in [5, 5.41) is 2.71. The van der Waals surface area contributed by atoms with Crippen LogP contribution in [0.3, 0.4) is 0 Å². The molecule has 3 aromatic rings. The molecule has 0 atom stereocenters. The maximum Gasteiger partial charge on any atom is 0.265 e. The van der Waals surface area contributed by atoms with Gasteiger partial charge in [-0.25, -0.2) is 0 Å². The molecule has 0 saturated heterocycles. The Kier molecular flexibility index (Phi) is 6.36. The van der Waals surface area contributed by atoms with E-state index in [0.29, 0.717) is 36.7 Å². The maximum absolute atomic E-state index is 12.7. The van der Waals surface area contributed by atoms with E-state index in [0.717, 1.165) is 10.6 Å². The standard InChI is InChI=1S/C27H23N3O6/c31-24(16-30-26(33)20-9-4-5-10-21(20)27(30)34)28-18-11-12-23-22(15-18)29(25(32)17-36-23)13-6-14-35-19-7-2-1-3-8-19/h1-5,7-12,15H,6,13-14,16-17H2,(H,28,31). The Hall–Kier alpha value is -4.66. The molecule has 9 heteroatoms. The molecule has 36 heavy (non-hydrogen) atoms. The highest BCUT2D eigenvalue weighted by Gasteiger charge is 2.36. The zero-order valence-electron chi connectivity index (χ0n) is 19.3. The highest BCUT2D eigenvalue weighted by atomic mass is 16.5. The Morgan fingerprint density at radius 3 is 2.31 bits per heavy atom. The summed E-state index contributed by atoms with van der Waals surface area (Å²) in [5.41, 5.74) is 1.52. The predicted octanol–water partition coefficient (Wildman–Crippen LogP) is 3.12. The van der Waals surface area contributed by atoms with Gasteiger partial charge < -0.3 is 19.7 Å². The molecule has 0 radical (unpaired) electrons. The van der Waals surface area contributed by atoms with E-state index >= 15 is 0 Å². The lowest BCUT2D eigenvalue weighted by Gasteiger charge is -2.30. The first-order valence-electron chi connectivity index (χ1n) is 11.5. The minimum Gasteiger partial charge on any atom is -0.494 e. The smallest absolute Gasteiger partial charge is 0.265 e. The van der Waals surface area contributed by atoms with Gasteiger partial charge in [-0.1, -0.05) is 30.3 Å². The van der Waals surface area contributed by atoms with Gasteiger partial charge in [0.05, 0.1) is 23.4 Å². The Bertz CT molecular complexity index is 1310. The van der Waals surface area contributed by atoms with Crippen LogP contribution < -0.4 is 19.7 Å². The summed E-state index contributed by atoms with van der Waals surface area (Å²) in [5.74, 6) is -0.448. The second-order valence-electron chi connectivity index (χ2n) is 8.32. The van der Waals surface area contributed by atoms with Crippen molar-refractivity contribution in [3.63, 3.8) is 0 Å². The van der Waals surface area contributed by atoms with Crippen LogP contribution in [0.25, 0.3) is 0 Å². The third kappa shape index (κ3) is 4.63. The Morgan fingerprint density at radius 2 is 1.58 bits per heavy atom. The van der Waals surface area contributed by atoms with Crippen LogP contribution in [-0.4, -0.2) is 54.8 Å². The molecule has 182 valence electrons. The van der Waals surface area contributed by atoms with Gasteiger partial charge in [0.15, 0.2) is 6.61 Å². The van der Waals surface area contributed by atoms with Crippen LogP contribution in [0.1, 0.15) is 27.1 Å². The monoisotopic (exact) mass is 485 g/mol. The number of benzene rings is 3. The number of amides is 4. The SMILES string of the molecule is O=C(CN1C(=O)c2ccccc2C1=O)Nc1ccc2c(c1)N(CCCOc1ccccc1)C(=O)CO2. The zero-order valence-corrected chi connectivity index (χ0v) is 19.3. The number of ether oxygens (including phenoxy) is 2. The van der Waals surface area contributed by atoms with Crippen molar-refractivity contribution in [3.8, 4) is 11.5 Å². The maximum atomic E-state index is 12.7. The van der Waals surface area contributed by atoms with Gasteiger partial charge >= 0.3 is 0 Å². The van der Waals surface area contributed by atoms with E-state index in [-0.39, 0.29) is 23.6 Å². The average molecular weight is 485 g/mol. The van der Waals surface area contributed by atoms with Crippen molar-refractivity contribution >= 4 is 35.0 Å². The Labute approximate surface area is 207 Å². The van der Waals surface area contributed by atoms with E-state index in [1.54, 1.807) is 47.4 Å². The molecule has 0 fully saturated rings. The van der Waals surface area contributed by atoms with Crippen LogP contribution in [0, 0.1) is 0 Å². The summed E-state index contributed by atoms with van der Waals surface area (Å²) in [6.45, 7) is 0.354. The number of nitrogens with zero attached hydrogens (tertiary/aromatic N) is 2. The zero-order chi connectivity index (χ0) is 25.1. The molecule has 0 aromatic heterocycles. The van der Waals surface area contributed by atoms with Crippen molar-refractivity contribution in [2.45, 2.75) is 6.42 Å². The second-order valence-corrected chi connectivity index (χ2v) is 8.32. The molecular weight excluding hydrogens is 462 g/mol. The number of hydrogen-bond acceptors (Lipinski definition) is 6. The molecule has 3 aromatic carbocycles. The van der Waals surface area contributed by atoms with Crippen LogP contribution in [0.5, 0.6) is 11.5 Å². The van der Waals surface area contributed by atoms with Gasteiger partial charge in [-0.2, -0.15) is 0 Å². The van der Waals surface area contributed by atoms with Gasteiger partial charge in [0.2, 0.25) is 5.91 Å². The number of carbonyl (C=O) groups is 4. The van der Waals surface area contributed by atoms with Gasteiger partial charge in [0, 0.05) is 12.2 Å². The molecule has 9 nitrogen and oxygen atoms in total. The third-order valence-corrected chi connectivity index (χ3v) is 5.90. The van der Waals surface area contributed by atoms with Crippen LogP contribution in [0.15, 0.2) is 72.8 Å². The molecule has 0 bridgehead atoms. The highest BCUT2D eigenvalue weighted by molar-refractivity contribution is 6.22. The molecule has 0 unspecified atom stereocenters. The largest absolute Gasteiger partial charge is 0.494 e. The number of hydrogen-bond donors (Lipinski definition) is 1. The number of carbonyl (C=O) groups excluding carboxylic acids is 4. The predicted molar refractivity (Wildman–Crippen MR) is 131 cm³/mol. The summed E-state index contributed by atoms with van der Waals surface area (Å²) >= 11 is 0. The van der Waals surface area contributed by atoms with E-state index in [9.17, 15) is 19.2 Å². The first kappa shape index (κ1) is 23.1. The van der Waals surface area contributed by atoms with Crippen LogP contribution in [-0.2, 0) is 9.59 Å². The lowest BCUT2D eigenvalue weighted by Crippen LogP contribution is -2.40. The first-order valence-corrected chi connectivity index (χ1v) is 11.5. The summed E-state index contributed by atoms with van der Waals surface area (Å²) in [4.78, 5) is 52.8. The highest BCUT2D eigenvalue weighted by Crippen LogP contribution is 2.35. The van der Waals surface area contributed by atoms with Crippen molar-refractivity contribution in [2.24, 2.45) is 0 Å². The van der Waals surface area contributed by atoms with E-state index < -0.39 is 24.3 Å². The Balaban J connectivity index is 1.23. The van der Waals surface area contributed by atoms with Crippen molar-refractivity contribution in [1.82, 2.24) is 4.90 Å². The number of nitrogens with one attached hydrogen (secondary N) is 1. The minimum absolute atomic E-state index is 0.0714. The van der Waals surface area contributed by atoms with Crippen LogP contribution in [0.2, 0.25) is 0 Å². The Morgan fingerprint density at radius 1 is 0.889 bits per heavy atom. The number of imide groups is 1. The van der Waals surface area contributed by atoms with Crippen LogP contribution >= 0.6 is 0 Å². The molecule has 2 aliphatic rings. The van der Waals surface area contributed by atoms with E-state index in [2.05, 4.69) is 5.32 Å². The molecule has 0 aliphatic carbocycles. The molecule has 4 amide bonds. The first-order chi connectivity index (χ1) is 17.5. The fourth-order valence-electron chi connectivity index (χ4n) is 4.18. The second kappa shape index (κ2) is 9.91. The van der Waals surface area contributed by atoms with Gasteiger partial charge in [-0.15, -0.1) is 0 Å². The molecule has 2 aliphatic heterocycles. The fraction of sp³-hybridized carbons (Fsp3) is 0.185. The lowest BCUT2D eigenvalue weighted by molar-refractivity contribution is -0.121. The van der Waals surface area contributed by atoms with Crippen molar-refractivity contribution in [2.75, 3.05) is 36.5 Å². The summed E-state index contributed by atoms with van der Waals surface area (Å²) < 4.78 is 11.3. The van der Waals surface area contributed by atoms with Gasteiger partial charge in [-0.05, 0) is 48.9 Å². The molecule has 0 saturated carbocycles. The number of fused-ring (bicyclic) bond motifs is 2. The van der Waals surface area contributed by atoms with Crippen molar-refractivity contribution in [3.05, 3.63) is 83.9 Å². The lowest BCUT2D eigenvalue weighted by atomic mass is 10.1. The van der Waals surface area contributed by atoms with Crippen LogP contribution in [0.4, 0.5) is 11.4 Å². The quantitative estimate of drug-likeness (QED) is 0.388. The summed E-state index contributed by atoms with van der Waals surface area (Å²) in [7, 11) is 0. The molecule has 5 rings (SSSR count). The minimum atomic E-state index is -0.532. The third-order valence-electron chi connectivity index (χ3n) is 5.90. The molecule has 1 N–H and O–H groups in total. The summed E-state index contributed by atoms with van der Waals surface area (Å²) in [6.07, 6.45) is 0.594. The van der Waals surface area contributed by atoms with Crippen molar-refractivity contribution < 1.29 is 28.7 Å². The van der Waals surface area contributed by atoms with Gasteiger partial charge in [0.1, 0.15) is 18.0 Å². The fourth-order valence-corrected chi connectivity index (χ4v) is 4.18. The normalized spacial score (nSPS) is 14.3. The molecule has 2 heterocycles. The molecule has 0 spiro atoms. The van der Waals surface area contributed by atoms with Gasteiger partial charge in [-0.3, -0.25) is 24.1 Å². The topological polar surface area (TPSA) is 105 Å². The van der Waals surface area contributed by atoms with Gasteiger partial charge in [0.25, 0.3) is 17.7 Å². The average Bonchev–Trinajstić information content (AvgIpc) is 3.13. The van der Waals surface area contributed by atoms with E-state index in [1.165, 1.54) is 0 Å². The molecular formula is C27H23N3O6. The number of rotatable bonds is 8. The number of anilines is 2. The summed E-state index contributed by atoms with van der Waals surface area (Å²) in [6, 6.07) is 20.9.